The molecule has 2 amide bonds. The van der Waals surface area contributed by atoms with Gasteiger partial charge in [-0.1, -0.05) is 23.4 Å². The Morgan fingerprint density at radius 1 is 0.630 bits per heavy atom. The molecule has 0 unspecified atom stereocenters. The topological polar surface area (TPSA) is 117 Å². The van der Waals surface area contributed by atoms with Gasteiger partial charge in [-0.25, -0.2) is 4.68 Å². The first-order valence-electron chi connectivity index (χ1n) is 15.7. The summed E-state index contributed by atoms with van der Waals surface area (Å²) in [5, 5.41) is 10.3. The molecule has 0 spiro atoms. The second kappa shape index (κ2) is 15.4. The second-order valence-corrected chi connectivity index (χ2v) is 10.9. The van der Waals surface area contributed by atoms with Gasteiger partial charge in [0.25, 0.3) is 11.8 Å². The van der Waals surface area contributed by atoms with E-state index in [4.69, 9.17) is 23.7 Å². The van der Waals surface area contributed by atoms with Crippen molar-refractivity contribution in [3.05, 3.63) is 71.9 Å². The summed E-state index contributed by atoms with van der Waals surface area (Å²) < 4.78 is 30.0. The van der Waals surface area contributed by atoms with Crippen molar-refractivity contribution < 1.29 is 33.3 Å². The van der Waals surface area contributed by atoms with E-state index >= 15 is 0 Å². The van der Waals surface area contributed by atoms with Gasteiger partial charge in [-0.2, -0.15) is 0 Å². The molecule has 1 fully saturated rings. The number of carbonyl (C=O) groups is 2. The van der Waals surface area contributed by atoms with Crippen LogP contribution in [0.5, 0.6) is 0 Å². The fourth-order valence-corrected chi connectivity index (χ4v) is 5.69. The van der Waals surface area contributed by atoms with Crippen LogP contribution >= 0.6 is 0 Å². The molecule has 0 atom stereocenters. The Balaban J connectivity index is 1.16. The van der Waals surface area contributed by atoms with Crippen molar-refractivity contribution in [1.29, 1.82) is 0 Å². The van der Waals surface area contributed by atoms with E-state index in [1.807, 2.05) is 48.7 Å². The van der Waals surface area contributed by atoms with E-state index < -0.39 is 0 Å². The molecular weight excluding hydrogens is 590 g/mol. The Morgan fingerprint density at radius 2 is 1.15 bits per heavy atom. The van der Waals surface area contributed by atoms with E-state index in [0.717, 1.165) is 22.3 Å². The van der Waals surface area contributed by atoms with Crippen molar-refractivity contribution in [2.75, 3.05) is 90.6 Å². The number of benzene rings is 3. The molecule has 0 bridgehead atoms. The SMILES string of the molecule is CCN1C(=O)c2cccc3c(-c4cn(-c5ccc(N6CCOCCOCCOCCOCCOCC6)cc5)nn4)ccc(c23)C1=O. The number of hydrogen-bond donors (Lipinski definition) is 0. The molecule has 1 saturated heterocycles. The molecule has 3 aromatic carbocycles. The molecule has 12 nitrogen and oxygen atoms in total. The first kappa shape index (κ1) is 31.8. The van der Waals surface area contributed by atoms with Gasteiger partial charge in [-0.15, -0.1) is 5.10 Å². The Hall–Kier alpha value is -4.20. The van der Waals surface area contributed by atoms with E-state index in [0.29, 0.717) is 108 Å². The summed E-state index contributed by atoms with van der Waals surface area (Å²) in [6.45, 7) is 8.83. The van der Waals surface area contributed by atoms with Gasteiger partial charge in [0.1, 0.15) is 5.69 Å². The summed E-state index contributed by atoms with van der Waals surface area (Å²) in [6, 6.07) is 17.3. The van der Waals surface area contributed by atoms with Crippen LogP contribution in [0, 0.1) is 0 Å². The van der Waals surface area contributed by atoms with Crippen LogP contribution in [0.1, 0.15) is 27.6 Å². The Morgan fingerprint density at radius 3 is 1.74 bits per heavy atom. The zero-order valence-electron chi connectivity index (χ0n) is 26.1. The highest BCUT2D eigenvalue weighted by molar-refractivity contribution is 6.26. The molecule has 3 heterocycles. The van der Waals surface area contributed by atoms with Crippen molar-refractivity contribution in [3.8, 4) is 16.9 Å². The molecule has 4 aromatic rings. The van der Waals surface area contributed by atoms with Gasteiger partial charge in [0.15, 0.2) is 0 Å². The number of anilines is 1. The van der Waals surface area contributed by atoms with Crippen LogP contribution in [0.2, 0.25) is 0 Å². The lowest BCUT2D eigenvalue weighted by Crippen LogP contribution is -2.40. The number of aromatic nitrogens is 3. The minimum Gasteiger partial charge on any atom is -0.377 e. The quantitative estimate of drug-likeness (QED) is 0.310. The molecule has 0 radical (unpaired) electrons. The Labute approximate surface area is 267 Å². The molecule has 0 aliphatic carbocycles. The summed E-state index contributed by atoms with van der Waals surface area (Å²) in [7, 11) is 0. The van der Waals surface area contributed by atoms with Gasteiger partial charge in [-0.05, 0) is 48.7 Å². The van der Waals surface area contributed by atoms with E-state index in [1.165, 1.54) is 4.90 Å². The van der Waals surface area contributed by atoms with E-state index in [1.54, 1.807) is 23.7 Å². The zero-order chi connectivity index (χ0) is 31.7. The summed E-state index contributed by atoms with van der Waals surface area (Å²) >= 11 is 0. The number of rotatable bonds is 4. The number of carbonyl (C=O) groups excluding carboxylic acids is 2. The number of ether oxygens (including phenoxy) is 5. The lowest BCUT2D eigenvalue weighted by molar-refractivity contribution is -0.0116. The van der Waals surface area contributed by atoms with Crippen LogP contribution in [0.25, 0.3) is 27.7 Å². The summed E-state index contributed by atoms with van der Waals surface area (Å²) in [5.74, 6) is -0.550. The molecule has 12 heteroatoms. The van der Waals surface area contributed by atoms with E-state index in [9.17, 15) is 9.59 Å². The standard InChI is InChI=1S/C34H39N5O7/c1-2-38-33(40)29-5-3-4-28-27(10-11-30(32(28)29)34(38)41)31-24-39(36-35-31)26-8-6-25(7-9-26)37-12-14-42-16-18-44-20-22-46-23-21-45-19-17-43-15-13-37/h3-11,24H,2,12-23H2,1H3. The van der Waals surface area contributed by atoms with Crippen LogP contribution in [0.15, 0.2) is 60.8 Å². The largest absolute Gasteiger partial charge is 0.377 e. The van der Waals surface area contributed by atoms with E-state index in [-0.39, 0.29) is 11.8 Å². The predicted molar refractivity (Wildman–Crippen MR) is 172 cm³/mol. The van der Waals surface area contributed by atoms with Gasteiger partial charge < -0.3 is 28.6 Å². The molecular formula is C34H39N5O7. The maximum atomic E-state index is 13.0. The Kier molecular flexibility index (Phi) is 10.6. The van der Waals surface area contributed by atoms with Crippen LogP contribution < -0.4 is 4.90 Å². The molecule has 2 aliphatic heterocycles. The first-order chi connectivity index (χ1) is 22.7. The lowest BCUT2D eigenvalue weighted by atomic mass is 9.90. The molecule has 46 heavy (non-hydrogen) atoms. The number of hydrogen-bond acceptors (Lipinski definition) is 10. The van der Waals surface area contributed by atoms with Crippen LogP contribution in [-0.4, -0.2) is 117 Å². The average molecular weight is 630 g/mol. The molecule has 242 valence electrons. The van der Waals surface area contributed by atoms with Crippen molar-refractivity contribution in [2.24, 2.45) is 0 Å². The fourth-order valence-electron chi connectivity index (χ4n) is 5.69. The van der Waals surface area contributed by atoms with Crippen molar-refractivity contribution in [3.63, 3.8) is 0 Å². The monoisotopic (exact) mass is 629 g/mol. The molecule has 0 saturated carbocycles. The van der Waals surface area contributed by atoms with Crippen molar-refractivity contribution in [1.82, 2.24) is 19.9 Å². The minimum absolute atomic E-state index is 0.275. The smallest absolute Gasteiger partial charge is 0.261 e. The summed E-state index contributed by atoms with van der Waals surface area (Å²) in [4.78, 5) is 29.6. The third kappa shape index (κ3) is 7.11. The number of nitrogens with zero attached hydrogens (tertiary/aromatic N) is 5. The van der Waals surface area contributed by atoms with Crippen molar-refractivity contribution in [2.45, 2.75) is 6.92 Å². The number of imide groups is 1. The van der Waals surface area contributed by atoms with Crippen LogP contribution in [-0.2, 0) is 23.7 Å². The van der Waals surface area contributed by atoms with Crippen molar-refractivity contribution >= 4 is 28.3 Å². The Bertz CT molecular complexity index is 1600. The van der Waals surface area contributed by atoms with Crippen LogP contribution in [0.3, 0.4) is 0 Å². The van der Waals surface area contributed by atoms with Gasteiger partial charge in [-0.3, -0.25) is 14.5 Å². The normalized spacial score (nSPS) is 18.0. The zero-order valence-corrected chi connectivity index (χ0v) is 26.1. The molecule has 1 aromatic heterocycles. The third-order valence-electron chi connectivity index (χ3n) is 8.06. The lowest BCUT2D eigenvalue weighted by Gasteiger charge is -2.26. The maximum Gasteiger partial charge on any atom is 0.261 e. The fraction of sp³-hybridized carbons (Fsp3) is 0.412. The minimum atomic E-state index is -0.275. The maximum absolute atomic E-state index is 13.0. The predicted octanol–water partition coefficient (Wildman–Crippen LogP) is 3.61. The van der Waals surface area contributed by atoms with Gasteiger partial charge in [0.2, 0.25) is 0 Å². The van der Waals surface area contributed by atoms with Gasteiger partial charge >= 0.3 is 0 Å². The third-order valence-corrected chi connectivity index (χ3v) is 8.06. The molecule has 0 N–H and O–H groups in total. The van der Waals surface area contributed by atoms with Gasteiger partial charge in [0, 0.05) is 47.4 Å². The summed E-state index contributed by atoms with van der Waals surface area (Å²) in [6.07, 6.45) is 1.86. The molecule has 2 aliphatic rings. The summed E-state index contributed by atoms with van der Waals surface area (Å²) in [5.41, 5.74) is 4.39. The first-order valence-corrected chi connectivity index (χ1v) is 15.7. The number of amides is 2. The highest BCUT2D eigenvalue weighted by Gasteiger charge is 2.32. The van der Waals surface area contributed by atoms with Crippen LogP contribution in [0.4, 0.5) is 5.69 Å². The van der Waals surface area contributed by atoms with E-state index in [2.05, 4.69) is 15.2 Å². The average Bonchev–Trinajstić information content (AvgIpc) is 3.57. The van der Waals surface area contributed by atoms with Gasteiger partial charge in [0.05, 0.1) is 78.0 Å². The second-order valence-electron chi connectivity index (χ2n) is 10.9. The molecule has 6 rings (SSSR count). The highest BCUT2D eigenvalue weighted by Crippen LogP contribution is 2.36. The highest BCUT2D eigenvalue weighted by atomic mass is 16.6.